The Hall–Kier alpha value is -0.390. The molecule has 0 aromatic rings. The Labute approximate surface area is 143 Å². The largest absolute Gasteiger partial charge is 0.389 e. The van der Waals surface area contributed by atoms with Crippen molar-refractivity contribution in [2.45, 2.75) is 103 Å². The van der Waals surface area contributed by atoms with E-state index in [1.54, 1.807) is 0 Å². The van der Waals surface area contributed by atoms with Gasteiger partial charge in [-0.15, -0.1) is 0 Å². The summed E-state index contributed by atoms with van der Waals surface area (Å²) in [5, 5.41) is 10.2. The summed E-state index contributed by atoms with van der Waals surface area (Å²) in [7, 11) is -4.12. The van der Waals surface area contributed by atoms with Crippen LogP contribution in [0.2, 0.25) is 0 Å². The zero-order valence-corrected chi connectivity index (χ0v) is 15.6. The number of aliphatic hydroxyl groups is 1. The normalized spacial score (nSPS) is 13.7. The zero-order valence-electron chi connectivity index (χ0n) is 14.8. The van der Waals surface area contributed by atoms with Crippen molar-refractivity contribution >= 4 is 10.1 Å². The highest BCUT2D eigenvalue weighted by Crippen LogP contribution is 2.13. The molecular formula is C18H36O4S. The molecule has 0 amide bonds. The molecule has 23 heavy (non-hydrogen) atoms. The number of unbranched alkanes of at least 4 members (excludes halogenated alkanes) is 12. The highest BCUT2D eigenvalue weighted by molar-refractivity contribution is 7.88. The van der Waals surface area contributed by atoms with Gasteiger partial charge >= 0.3 is 0 Å². The molecule has 1 unspecified atom stereocenters. The van der Waals surface area contributed by atoms with Crippen LogP contribution in [0.4, 0.5) is 0 Å². The van der Waals surface area contributed by atoms with E-state index in [0.29, 0.717) is 11.8 Å². The number of aliphatic hydroxyl groups excluding tert-OH is 1. The summed E-state index contributed by atoms with van der Waals surface area (Å²) >= 11 is 0. The molecule has 4 nitrogen and oxygen atoms in total. The lowest BCUT2D eigenvalue weighted by Crippen LogP contribution is -2.03. The van der Waals surface area contributed by atoms with Gasteiger partial charge < -0.3 is 5.11 Å². The quantitative estimate of drug-likeness (QED) is 0.296. The van der Waals surface area contributed by atoms with Gasteiger partial charge in [0.1, 0.15) is 0 Å². The predicted octanol–water partition coefficient (Wildman–Crippen LogP) is 5.23. The molecule has 5 heteroatoms. The first-order chi connectivity index (χ1) is 11.0. The smallest absolute Gasteiger partial charge is 0.287 e. The average molecular weight is 349 g/mol. The minimum absolute atomic E-state index is 0.545. The van der Waals surface area contributed by atoms with Crippen molar-refractivity contribution in [2.24, 2.45) is 0 Å². The van der Waals surface area contributed by atoms with Gasteiger partial charge in [-0.25, -0.2) is 0 Å². The molecule has 0 rings (SSSR count). The molecule has 0 aliphatic heterocycles. The average Bonchev–Trinajstić information content (AvgIpc) is 2.49. The summed E-state index contributed by atoms with van der Waals surface area (Å²) in [5.74, 6) is 0. The first kappa shape index (κ1) is 22.6. The van der Waals surface area contributed by atoms with Crippen LogP contribution in [-0.4, -0.2) is 24.2 Å². The fraction of sp³-hybridized carbons (Fsp3) is 0.889. The van der Waals surface area contributed by atoms with E-state index >= 15 is 0 Å². The number of rotatable bonds is 16. The highest BCUT2D eigenvalue weighted by Gasteiger charge is 2.02. The van der Waals surface area contributed by atoms with E-state index in [0.717, 1.165) is 18.9 Å². The fourth-order valence-corrected chi connectivity index (χ4v) is 3.04. The van der Waals surface area contributed by atoms with Crippen molar-refractivity contribution in [1.29, 1.82) is 0 Å². The molecule has 0 aromatic heterocycles. The van der Waals surface area contributed by atoms with Gasteiger partial charge in [-0.05, 0) is 12.5 Å². The van der Waals surface area contributed by atoms with Crippen LogP contribution in [0.1, 0.15) is 96.8 Å². The Bertz CT molecular complexity index is 376. The second-order valence-electron chi connectivity index (χ2n) is 6.44. The van der Waals surface area contributed by atoms with Crippen molar-refractivity contribution in [1.82, 2.24) is 0 Å². The summed E-state index contributed by atoms with van der Waals surface area (Å²) in [4.78, 5) is 0. The van der Waals surface area contributed by atoms with Crippen LogP contribution < -0.4 is 0 Å². The maximum Gasteiger partial charge on any atom is 0.287 e. The molecule has 0 aliphatic carbocycles. The highest BCUT2D eigenvalue weighted by atomic mass is 32.2. The zero-order chi connectivity index (χ0) is 17.4. The van der Waals surface area contributed by atoms with Crippen molar-refractivity contribution in [2.75, 3.05) is 0 Å². The first-order valence-corrected chi connectivity index (χ1v) is 10.8. The maximum absolute atomic E-state index is 10.5. The van der Waals surface area contributed by atoms with Crippen molar-refractivity contribution < 1.29 is 18.1 Å². The van der Waals surface area contributed by atoms with Gasteiger partial charge in [-0.2, -0.15) is 8.42 Å². The number of hydrogen-bond donors (Lipinski definition) is 2. The molecule has 0 spiro atoms. The third-order valence-electron chi connectivity index (χ3n) is 4.08. The molecule has 0 bridgehead atoms. The van der Waals surface area contributed by atoms with Gasteiger partial charge in [-0.1, -0.05) is 90.4 Å². The Kier molecular flexibility index (Phi) is 14.9. The molecule has 0 saturated carbocycles. The minimum Gasteiger partial charge on any atom is -0.389 e. The van der Waals surface area contributed by atoms with E-state index in [1.165, 1.54) is 70.6 Å². The summed E-state index contributed by atoms with van der Waals surface area (Å²) in [6, 6.07) is 0. The topological polar surface area (TPSA) is 74.6 Å². The van der Waals surface area contributed by atoms with Gasteiger partial charge in [0.25, 0.3) is 10.1 Å². The lowest BCUT2D eigenvalue weighted by Gasteiger charge is -2.05. The van der Waals surface area contributed by atoms with E-state index in [4.69, 9.17) is 4.55 Å². The summed E-state index contributed by atoms with van der Waals surface area (Å²) in [6.45, 7) is 2.25. The van der Waals surface area contributed by atoms with Gasteiger partial charge in [0, 0.05) is 0 Å². The Morgan fingerprint density at radius 3 is 1.57 bits per heavy atom. The molecule has 0 aromatic carbocycles. The minimum atomic E-state index is -4.12. The molecule has 1 atom stereocenters. The lowest BCUT2D eigenvalue weighted by molar-refractivity contribution is 0.208. The number of hydrogen-bond acceptors (Lipinski definition) is 3. The van der Waals surface area contributed by atoms with E-state index in [9.17, 15) is 13.5 Å². The molecule has 0 fully saturated rings. The van der Waals surface area contributed by atoms with Gasteiger partial charge in [-0.3, -0.25) is 4.55 Å². The second-order valence-corrected chi connectivity index (χ2v) is 7.74. The van der Waals surface area contributed by atoms with Crippen LogP contribution in [-0.2, 0) is 10.1 Å². The standard InChI is InChI=1S/C18H36O4S/c1-2-3-4-5-6-7-8-9-10-11-12-13-14-15-18(19)16-17-23(20,21)22/h16-19H,2-15H2,1H3,(H,20,21,22)/b17-16+. The first-order valence-electron chi connectivity index (χ1n) is 9.29. The SMILES string of the molecule is CCCCCCCCCCCCCCCC(O)/C=C/S(=O)(=O)O. The third-order valence-corrected chi connectivity index (χ3v) is 4.58. The van der Waals surface area contributed by atoms with Crippen LogP contribution in [0.25, 0.3) is 0 Å². The van der Waals surface area contributed by atoms with Crippen LogP contribution in [0, 0.1) is 0 Å². The summed E-state index contributed by atoms with van der Waals surface area (Å²) < 4.78 is 29.5. The van der Waals surface area contributed by atoms with Crippen LogP contribution >= 0.6 is 0 Å². The van der Waals surface area contributed by atoms with Gasteiger partial charge in [0.15, 0.2) is 0 Å². The Morgan fingerprint density at radius 1 is 0.783 bits per heavy atom. The Balaban J connectivity index is 3.26. The molecule has 2 N–H and O–H groups in total. The third kappa shape index (κ3) is 19.6. The molecule has 0 heterocycles. The maximum atomic E-state index is 10.5. The molecular weight excluding hydrogens is 312 g/mol. The Morgan fingerprint density at radius 2 is 1.17 bits per heavy atom. The van der Waals surface area contributed by atoms with Gasteiger partial charge in [0.2, 0.25) is 0 Å². The van der Waals surface area contributed by atoms with E-state index in [-0.39, 0.29) is 0 Å². The molecule has 138 valence electrons. The summed E-state index contributed by atoms with van der Waals surface area (Å²) in [6.07, 6.45) is 17.5. The lowest BCUT2D eigenvalue weighted by atomic mass is 10.0. The van der Waals surface area contributed by atoms with Gasteiger partial charge in [0.05, 0.1) is 11.5 Å². The monoisotopic (exact) mass is 348 g/mol. The van der Waals surface area contributed by atoms with E-state index in [2.05, 4.69) is 6.92 Å². The summed E-state index contributed by atoms with van der Waals surface area (Å²) in [5.41, 5.74) is 0. The second kappa shape index (κ2) is 15.2. The molecule has 0 saturated heterocycles. The fourth-order valence-electron chi connectivity index (χ4n) is 2.66. The van der Waals surface area contributed by atoms with Crippen LogP contribution in [0.5, 0.6) is 0 Å². The van der Waals surface area contributed by atoms with Crippen molar-refractivity contribution in [3.05, 3.63) is 11.5 Å². The van der Waals surface area contributed by atoms with E-state index in [1.807, 2.05) is 0 Å². The van der Waals surface area contributed by atoms with Crippen LogP contribution in [0.15, 0.2) is 11.5 Å². The van der Waals surface area contributed by atoms with Crippen molar-refractivity contribution in [3.63, 3.8) is 0 Å². The predicted molar refractivity (Wildman–Crippen MR) is 97.0 cm³/mol. The van der Waals surface area contributed by atoms with E-state index < -0.39 is 16.2 Å². The van der Waals surface area contributed by atoms with Crippen molar-refractivity contribution in [3.8, 4) is 0 Å². The van der Waals surface area contributed by atoms with Crippen LogP contribution in [0.3, 0.4) is 0 Å². The molecule has 0 radical (unpaired) electrons. The molecule has 0 aliphatic rings.